The number of benzene rings is 1. The first-order chi connectivity index (χ1) is 16.8. The molecule has 2 heterocycles. The minimum absolute atomic E-state index is 0.000415. The molecule has 0 spiro atoms. The molecule has 35 heavy (non-hydrogen) atoms. The minimum Gasteiger partial charge on any atom is -0.394 e. The molecule has 0 aromatic heterocycles. The highest BCUT2D eigenvalue weighted by atomic mass is 19.1. The van der Waals surface area contributed by atoms with E-state index in [0.29, 0.717) is 38.9 Å². The van der Waals surface area contributed by atoms with Gasteiger partial charge in [-0.25, -0.2) is 4.39 Å². The van der Waals surface area contributed by atoms with Crippen LogP contribution in [0.5, 0.6) is 0 Å². The Kier molecular flexibility index (Phi) is 7.77. The standard InChI is InChI=1S/C27H38FN5O2/c1-18-6-4-9-24(20(18)3)31-12-14-32(15-13-31)25(34)16-30-23-8-5-7-21(23)26(29)27(35)33-11-10-19(2)22(28)17-33/h4,6,9,19,22H,5,7-8,10-17,29H2,1-3H3/t19-,22-/m1/s1. The molecule has 3 aliphatic rings. The monoisotopic (exact) mass is 483 g/mol. The summed E-state index contributed by atoms with van der Waals surface area (Å²) in [5, 5.41) is 0. The molecule has 2 saturated heterocycles. The number of halogens is 1. The summed E-state index contributed by atoms with van der Waals surface area (Å²) in [6.07, 6.45) is 1.85. The molecule has 1 aromatic carbocycles. The third-order valence-corrected chi connectivity index (χ3v) is 7.85. The zero-order chi connectivity index (χ0) is 25.1. The predicted octanol–water partition coefficient (Wildman–Crippen LogP) is 3.00. The van der Waals surface area contributed by atoms with Crippen LogP contribution in [0.1, 0.15) is 43.7 Å². The zero-order valence-electron chi connectivity index (χ0n) is 21.2. The van der Waals surface area contributed by atoms with Gasteiger partial charge in [-0.2, -0.15) is 0 Å². The first kappa shape index (κ1) is 25.2. The van der Waals surface area contributed by atoms with E-state index in [1.807, 2.05) is 11.8 Å². The van der Waals surface area contributed by atoms with Gasteiger partial charge in [-0.05, 0) is 62.6 Å². The van der Waals surface area contributed by atoms with Crippen LogP contribution >= 0.6 is 0 Å². The maximum Gasteiger partial charge on any atom is 0.270 e. The molecule has 2 amide bonds. The number of likely N-dealkylation sites (tertiary alicyclic amines) is 1. The summed E-state index contributed by atoms with van der Waals surface area (Å²) in [5.74, 6) is -0.345. The highest BCUT2D eigenvalue weighted by Gasteiger charge is 2.32. The van der Waals surface area contributed by atoms with Crippen molar-refractivity contribution in [1.29, 1.82) is 0 Å². The summed E-state index contributed by atoms with van der Waals surface area (Å²) >= 11 is 0. The Morgan fingerprint density at radius 2 is 1.83 bits per heavy atom. The van der Waals surface area contributed by atoms with Crippen LogP contribution < -0.4 is 10.6 Å². The summed E-state index contributed by atoms with van der Waals surface area (Å²) in [7, 11) is 0. The molecule has 190 valence electrons. The van der Waals surface area contributed by atoms with E-state index in [2.05, 4.69) is 41.9 Å². The van der Waals surface area contributed by atoms with E-state index in [9.17, 15) is 14.0 Å². The third kappa shape index (κ3) is 5.52. The van der Waals surface area contributed by atoms with Crippen molar-refractivity contribution in [2.45, 2.75) is 52.6 Å². The van der Waals surface area contributed by atoms with Gasteiger partial charge in [0.1, 0.15) is 18.4 Å². The van der Waals surface area contributed by atoms with Crippen LogP contribution in [-0.4, -0.2) is 79.3 Å². The molecule has 2 N–H and O–H groups in total. The van der Waals surface area contributed by atoms with Gasteiger partial charge in [-0.15, -0.1) is 0 Å². The second-order valence-corrected chi connectivity index (χ2v) is 10.1. The lowest BCUT2D eigenvalue weighted by molar-refractivity contribution is -0.130. The van der Waals surface area contributed by atoms with Gasteiger partial charge in [-0.3, -0.25) is 14.6 Å². The summed E-state index contributed by atoms with van der Waals surface area (Å²) < 4.78 is 14.1. The van der Waals surface area contributed by atoms with Gasteiger partial charge in [0.2, 0.25) is 5.91 Å². The van der Waals surface area contributed by atoms with Crippen molar-refractivity contribution in [2.24, 2.45) is 16.6 Å². The number of allylic oxidation sites excluding steroid dienone is 1. The fraction of sp³-hybridized carbons (Fsp3) is 0.593. The fourth-order valence-electron chi connectivity index (χ4n) is 5.24. The van der Waals surface area contributed by atoms with Crippen molar-refractivity contribution < 1.29 is 14.0 Å². The first-order valence-electron chi connectivity index (χ1n) is 12.8. The number of piperazine rings is 1. The van der Waals surface area contributed by atoms with Gasteiger partial charge < -0.3 is 20.4 Å². The molecule has 0 radical (unpaired) electrons. The topological polar surface area (TPSA) is 82.2 Å². The number of hydrogen-bond donors (Lipinski definition) is 1. The maximum absolute atomic E-state index is 14.1. The van der Waals surface area contributed by atoms with Gasteiger partial charge >= 0.3 is 0 Å². The number of nitrogens with zero attached hydrogens (tertiary/aromatic N) is 4. The molecule has 7 nitrogen and oxygen atoms in total. The average Bonchev–Trinajstić information content (AvgIpc) is 3.34. The fourth-order valence-corrected chi connectivity index (χ4v) is 5.24. The van der Waals surface area contributed by atoms with Gasteiger partial charge in [0.05, 0.1) is 6.54 Å². The van der Waals surface area contributed by atoms with Crippen molar-refractivity contribution in [3.05, 3.63) is 40.6 Å². The van der Waals surface area contributed by atoms with Crippen LogP contribution in [0.2, 0.25) is 0 Å². The van der Waals surface area contributed by atoms with E-state index >= 15 is 0 Å². The lowest BCUT2D eigenvalue weighted by Crippen LogP contribution is -2.49. The van der Waals surface area contributed by atoms with Crippen molar-refractivity contribution in [3.8, 4) is 0 Å². The Morgan fingerprint density at radius 1 is 1.09 bits per heavy atom. The zero-order valence-corrected chi connectivity index (χ0v) is 21.2. The quantitative estimate of drug-likeness (QED) is 0.668. The number of hydrogen-bond acceptors (Lipinski definition) is 5. The second kappa shape index (κ2) is 10.8. The van der Waals surface area contributed by atoms with Crippen LogP contribution in [0.4, 0.5) is 10.1 Å². The van der Waals surface area contributed by atoms with Gasteiger partial charge in [0.25, 0.3) is 5.91 Å². The summed E-state index contributed by atoms with van der Waals surface area (Å²) in [4.78, 5) is 36.1. The molecule has 3 fully saturated rings. The summed E-state index contributed by atoms with van der Waals surface area (Å²) in [6, 6.07) is 6.34. The van der Waals surface area contributed by atoms with Crippen LogP contribution in [0.25, 0.3) is 0 Å². The predicted molar refractivity (Wildman–Crippen MR) is 137 cm³/mol. The number of alkyl halides is 1. The summed E-state index contributed by atoms with van der Waals surface area (Å²) in [5.41, 5.74) is 11.7. The normalized spacial score (nSPS) is 25.8. The van der Waals surface area contributed by atoms with E-state index in [1.54, 1.807) is 0 Å². The average molecular weight is 484 g/mol. The van der Waals surface area contributed by atoms with Gasteiger partial charge in [0, 0.05) is 49.7 Å². The van der Waals surface area contributed by atoms with Crippen LogP contribution in [0.3, 0.4) is 0 Å². The van der Waals surface area contributed by atoms with Gasteiger partial charge in [0.15, 0.2) is 0 Å². The minimum atomic E-state index is -1.02. The highest BCUT2D eigenvalue weighted by molar-refractivity contribution is 6.09. The van der Waals surface area contributed by atoms with Crippen molar-refractivity contribution in [1.82, 2.24) is 9.80 Å². The molecule has 2 atom stereocenters. The number of anilines is 1. The molecule has 0 bridgehead atoms. The smallest absolute Gasteiger partial charge is 0.270 e. The Balaban J connectivity index is 1.35. The molecular formula is C27H38FN5O2. The Morgan fingerprint density at radius 3 is 2.54 bits per heavy atom. The van der Waals surface area contributed by atoms with Crippen LogP contribution in [-0.2, 0) is 9.59 Å². The summed E-state index contributed by atoms with van der Waals surface area (Å²) in [6.45, 7) is 9.73. The number of carbonyl (C=O) groups is 2. The van der Waals surface area contributed by atoms with E-state index in [0.717, 1.165) is 30.8 Å². The highest BCUT2D eigenvalue weighted by Crippen LogP contribution is 2.27. The Bertz CT molecular complexity index is 1030. The van der Waals surface area contributed by atoms with E-state index < -0.39 is 6.17 Å². The molecule has 1 aliphatic carbocycles. The second-order valence-electron chi connectivity index (χ2n) is 10.1. The number of aliphatic imine (C=N–C) groups is 1. The number of carbonyl (C=O) groups excluding carboxylic acids is 2. The van der Waals surface area contributed by atoms with Crippen LogP contribution in [0, 0.1) is 19.8 Å². The molecule has 4 rings (SSSR count). The Hall–Kier alpha value is -2.90. The molecule has 0 unspecified atom stereocenters. The molecule has 1 saturated carbocycles. The van der Waals surface area contributed by atoms with Crippen molar-refractivity contribution in [2.75, 3.05) is 50.7 Å². The van der Waals surface area contributed by atoms with Crippen molar-refractivity contribution >= 4 is 23.2 Å². The Labute approximate surface area is 207 Å². The van der Waals surface area contributed by atoms with Crippen LogP contribution in [0.15, 0.2) is 34.5 Å². The number of amides is 2. The lowest BCUT2D eigenvalue weighted by Gasteiger charge is -2.37. The molecule has 2 aliphatic heterocycles. The van der Waals surface area contributed by atoms with E-state index in [1.165, 1.54) is 21.7 Å². The lowest BCUT2D eigenvalue weighted by atomic mass is 9.96. The number of nitrogens with two attached hydrogens (primary N) is 1. The van der Waals surface area contributed by atoms with Crippen molar-refractivity contribution in [3.63, 3.8) is 0 Å². The molecular weight excluding hydrogens is 445 g/mol. The number of rotatable bonds is 4. The molecule has 1 aromatic rings. The van der Waals surface area contributed by atoms with Gasteiger partial charge in [-0.1, -0.05) is 19.1 Å². The van der Waals surface area contributed by atoms with E-state index in [4.69, 9.17) is 5.73 Å². The first-order valence-corrected chi connectivity index (χ1v) is 12.8. The van der Waals surface area contributed by atoms with E-state index in [-0.39, 0.29) is 36.5 Å². The number of piperidine rings is 1. The third-order valence-electron chi connectivity index (χ3n) is 7.85. The maximum atomic E-state index is 14.1. The largest absolute Gasteiger partial charge is 0.394 e. The SMILES string of the molecule is Cc1cccc(N2CCN(C(=O)CN=C3CCCC3=C(N)C(=O)N3CC[C@@H](C)[C@H](F)C3)CC2)c1C. The molecule has 8 heteroatoms. The number of aryl methyl sites for hydroxylation is 1.